The highest BCUT2D eigenvalue weighted by atomic mass is 16.3. The van der Waals surface area contributed by atoms with Crippen LogP contribution in [0.25, 0.3) is 0 Å². The van der Waals surface area contributed by atoms with Crippen molar-refractivity contribution in [2.24, 2.45) is 5.41 Å². The maximum atomic E-state index is 9.57. The SMILES string of the molecule is CC1CC(N(C)C(CO)C(C)(C)C)CN1C. The molecule has 3 heteroatoms. The van der Waals surface area contributed by atoms with E-state index in [0.29, 0.717) is 12.1 Å². The monoisotopic (exact) mass is 228 g/mol. The van der Waals surface area contributed by atoms with Gasteiger partial charge in [-0.25, -0.2) is 0 Å². The van der Waals surface area contributed by atoms with Crippen LogP contribution in [-0.2, 0) is 0 Å². The van der Waals surface area contributed by atoms with Crippen LogP contribution in [0, 0.1) is 5.41 Å². The Labute approximate surface area is 100 Å². The molecule has 1 N–H and O–H groups in total. The van der Waals surface area contributed by atoms with Crippen molar-refractivity contribution in [1.29, 1.82) is 0 Å². The lowest BCUT2D eigenvalue weighted by molar-refractivity contribution is 0.0403. The van der Waals surface area contributed by atoms with Crippen LogP contribution >= 0.6 is 0 Å². The summed E-state index contributed by atoms with van der Waals surface area (Å²) in [5.74, 6) is 0. The van der Waals surface area contributed by atoms with Crippen LogP contribution < -0.4 is 0 Å². The van der Waals surface area contributed by atoms with E-state index >= 15 is 0 Å². The molecule has 96 valence electrons. The number of aliphatic hydroxyl groups is 1. The van der Waals surface area contributed by atoms with Crippen molar-refractivity contribution in [2.45, 2.75) is 52.2 Å². The molecule has 0 bridgehead atoms. The van der Waals surface area contributed by atoms with Crippen LogP contribution in [0.3, 0.4) is 0 Å². The van der Waals surface area contributed by atoms with E-state index < -0.39 is 0 Å². The molecule has 0 aromatic carbocycles. The summed E-state index contributed by atoms with van der Waals surface area (Å²) in [4.78, 5) is 4.78. The summed E-state index contributed by atoms with van der Waals surface area (Å²) >= 11 is 0. The quantitative estimate of drug-likeness (QED) is 0.791. The minimum absolute atomic E-state index is 0.133. The standard InChI is InChI=1S/C13H28N2O/c1-10-7-11(8-14(10)5)15(6)12(9-16)13(2,3)4/h10-12,16H,7-9H2,1-6H3. The molecule has 1 saturated heterocycles. The van der Waals surface area contributed by atoms with E-state index in [-0.39, 0.29) is 18.1 Å². The predicted octanol–water partition coefficient (Wildman–Crippen LogP) is 1.42. The Hall–Kier alpha value is -0.120. The van der Waals surface area contributed by atoms with Gasteiger partial charge in [-0.3, -0.25) is 4.90 Å². The van der Waals surface area contributed by atoms with Crippen molar-refractivity contribution in [3.05, 3.63) is 0 Å². The Morgan fingerprint density at radius 2 is 2.00 bits per heavy atom. The summed E-state index contributed by atoms with van der Waals surface area (Å²) in [6.45, 7) is 10.2. The lowest BCUT2D eigenvalue weighted by Gasteiger charge is -2.40. The molecule has 16 heavy (non-hydrogen) atoms. The molecule has 3 nitrogen and oxygen atoms in total. The molecule has 0 saturated carbocycles. The van der Waals surface area contributed by atoms with E-state index in [0.717, 1.165) is 6.54 Å². The smallest absolute Gasteiger partial charge is 0.0591 e. The van der Waals surface area contributed by atoms with E-state index in [2.05, 4.69) is 51.6 Å². The molecule has 1 heterocycles. The molecule has 0 aliphatic carbocycles. The average Bonchev–Trinajstić information content (AvgIpc) is 2.45. The van der Waals surface area contributed by atoms with Crippen molar-refractivity contribution in [3.8, 4) is 0 Å². The van der Waals surface area contributed by atoms with Gasteiger partial charge in [0.2, 0.25) is 0 Å². The summed E-state index contributed by atoms with van der Waals surface area (Å²) in [5.41, 5.74) is 0.133. The van der Waals surface area contributed by atoms with Crippen LogP contribution in [0.15, 0.2) is 0 Å². The van der Waals surface area contributed by atoms with Gasteiger partial charge < -0.3 is 10.0 Å². The molecule has 0 aromatic rings. The van der Waals surface area contributed by atoms with Gasteiger partial charge in [0.25, 0.3) is 0 Å². The Kier molecular flexibility index (Phi) is 4.38. The zero-order valence-electron chi connectivity index (χ0n) is 11.7. The van der Waals surface area contributed by atoms with Crippen molar-refractivity contribution >= 4 is 0 Å². The number of hydrogen-bond donors (Lipinski definition) is 1. The number of likely N-dealkylation sites (N-methyl/N-ethyl adjacent to an activating group) is 2. The van der Waals surface area contributed by atoms with Crippen LogP contribution in [0.2, 0.25) is 0 Å². The second-order valence-corrected chi connectivity index (χ2v) is 6.41. The molecule has 1 fully saturated rings. The van der Waals surface area contributed by atoms with Gasteiger partial charge >= 0.3 is 0 Å². The molecule has 0 aromatic heterocycles. The molecule has 1 rings (SSSR count). The Morgan fingerprint density at radius 3 is 2.31 bits per heavy atom. The third kappa shape index (κ3) is 2.96. The molecule has 3 unspecified atom stereocenters. The Bertz CT molecular complexity index is 214. The van der Waals surface area contributed by atoms with Gasteiger partial charge in [-0.2, -0.15) is 0 Å². The van der Waals surface area contributed by atoms with E-state index in [4.69, 9.17) is 0 Å². The van der Waals surface area contributed by atoms with Crippen molar-refractivity contribution in [3.63, 3.8) is 0 Å². The molecule has 3 atom stereocenters. The summed E-state index contributed by atoms with van der Waals surface area (Å²) in [5, 5.41) is 9.57. The molecule has 0 radical (unpaired) electrons. The average molecular weight is 228 g/mol. The first-order valence-electron chi connectivity index (χ1n) is 6.30. The first kappa shape index (κ1) is 13.9. The highest BCUT2D eigenvalue weighted by Crippen LogP contribution is 2.28. The van der Waals surface area contributed by atoms with Crippen molar-refractivity contribution < 1.29 is 5.11 Å². The van der Waals surface area contributed by atoms with Crippen LogP contribution in [0.1, 0.15) is 34.1 Å². The van der Waals surface area contributed by atoms with E-state index in [1.165, 1.54) is 6.42 Å². The molecular formula is C13H28N2O. The van der Waals surface area contributed by atoms with E-state index in [9.17, 15) is 5.11 Å². The minimum atomic E-state index is 0.133. The van der Waals surface area contributed by atoms with E-state index in [1.54, 1.807) is 0 Å². The second kappa shape index (κ2) is 5.03. The number of nitrogens with zero attached hydrogens (tertiary/aromatic N) is 2. The predicted molar refractivity (Wildman–Crippen MR) is 68.6 cm³/mol. The van der Waals surface area contributed by atoms with Gasteiger partial charge in [0.05, 0.1) is 6.61 Å². The Morgan fingerprint density at radius 1 is 1.44 bits per heavy atom. The molecule has 1 aliphatic heterocycles. The zero-order chi connectivity index (χ0) is 12.5. The first-order chi connectivity index (χ1) is 7.27. The van der Waals surface area contributed by atoms with Gasteiger partial charge in [-0.15, -0.1) is 0 Å². The molecular weight excluding hydrogens is 200 g/mol. The summed E-state index contributed by atoms with van der Waals surface area (Å²) < 4.78 is 0. The largest absolute Gasteiger partial charge is 0.395 e. The zero-order valence-corrected chi connectivity index (χ0v) is 11.7. The van der Waals surface area contributed by atoms with Gasteiger partial charge in [0, 0.05) is 24.7 Å². The Balaban J connectivity index is 2.66. The van der Waals surface area contributed by atoms with Gasteiger partial charge in [0.15, 0.2) is 0 Å². The van der Waals surface area contributed by atoms with Crippen molar-refractivity contribution in [2.75, 3.05) is 27.2 Å². The van der Waals surface area contributed by atoms with Crippen LogP contribution in [-0.4, -0.2) is 60.3 Å². The minimum Gasteiger partial charge on any atom is -0.395 e. The van der Waals surface area contributed by atoms with Gasteiger partial charge in [0.1, 0.15) is 0 Å². The lowest BCUT2D eigenvalue weighted by atomic mass is 9.85. The number of hydrogen-bond acceptors (Lipinski definition) is 3. The number of likely N-dealkylation sites (tertiary alicyclic amines) is 1. The van der Waals surface area contributed by atoms with Crippen molar-refractivity contribution in [1.82, 2.24) is 9.80 Å². The van der Waals surface area contributed by atoms with Gasteiger partial charge in [-0.05, 0) is 32.9 Å². The number of rotatable bonds is 3. The fraction of sp³-hybridized carbons (Fsp3) is 1.00. The highest BCUT2D eigenvalue weighted by Gasteiger charge is 2.36. The third-order valence-electron chi connectivity index (χ3n) is 4.10. The molecule has 0 spiro atoms. The third-order valence-corrected chi connectivity index (χ3v) is 4.10. The fourth-order valence-electron chi connectivity index (χ4n) is 2.72. The summed E-state index contributed by atoms with van der Waals surface area (Å²) in [6.07, 6.45) is 1.21. The highest BCUT2D eigenvalue weighted by molar-refractivity contribution is 4.91. The van der Waals surface area contributed by atoms with Gasteiger partial charge in [-0.1, -0.05) is 20.8 Å². The first-order valence-corrected chi connectivity index (χ1v) is 6.30. The molecule has 1 aliphatic rings. The second-order valence-electron chi connectivity index (χ2n) is 6.41. The summed E-state index contributed by atoms with van der Waals surface area (Å²) in [7, 11) is 4.34. The maximum absolute atomic E-state index is 9.57. The summed E-state index contributed by atoms with van der Waals surface area (Å²) in [6, 6.07) is 1.49. The lowest BCUT2D eigenvalue weighted by Crippen LogP contribution is -2.49. The topological polar surface area (TPSA) is 26.7 Å². The van der Waals surface area contributed by atoms with Crippen LogP contribution in [0.5, 0.6) is 0 Å². The molecule has 0 amide bonds. The fourth-order valence-corrected chi connectivity index (χ4v) is 2.72. The van der Waals surface area contributed by atoms with E-state index in [1.807, 2.05) is 0 Å². The van der Waals surface area contributed by atoms with Crippen LogP contribution in [0.4, 0.5) is 0 Å². The normalized spacial score (nSPS) is 30.0. The number of aliphatic hydroxyl groups excluding tert-OH is 1. The maximum Gasteiger partial charge on any atom is 0.0591 e.